The van der Waals surface area contributed by atoms with Gasteiger partial charge in [0, 0.05) is 12.0 Å². The van der Waals surface area contributed by atoms with Gasteiger partial charge in [0.1, 0.15) is 17.1 Å². The van der Waals surface area contributed by atoms with Gasteiger partial charge in [-0.15, -0.1) is 11.3 Å². The van der Waals surface area contributed by atoms with E-state index in [1.54, 1.807) is 19.2 Å². The fraction of sp³-hybridized carbons (Fsp3) is 0.381. The number of ether oxygens (including phenoxy) is 3. The summed E-state index contributed by atoms with van der Waals surface area (Å²) in [6, 6.07) is 7.56. The van der Waals surface area contributed by atoms with E-state index in [4.69, 9.17) is 25.8 Å². The molecule has 0 bridgehead atoms. The lowest BCUT2D eigenvalue weighted by Gasteiger charge is -2.39. The van der Waals surface area contributed by atoms with Crippen LogP contribution in [0.25, 0.3) is 0 Å². The van der Waals surface area contributed by atoms with E-state index in [-0.39, 0.29) is 23.6 Å². The Kier molecular flexibility index (Phi) is 3.99. The van der Waals surface area contributed by atoms with Gasteiger partial charge in [-0.1, -0.05) is 23.7 Å². The van der Waals surface area contributed by atoms with Crippen LogP contribution in [0.3, 0.4) is 0 Å². The Labute approximate surface area is 166 Å². The molecule has 2 heterocycles. The van der Waals surface area contributed by atoms with Gasteiger partial charge in [-0.05, 0) is 49.1 Å². The molecule has 0 radical (unpaired) electrons. The molecule has 0 saturated heterocycles. The minimum Gasteiger partial charge on any atom is -0.493 e. The highest BCUT2D eigenvalue weighted by Gasteiger charge is 2.53. The van der Waals surface area contributed by atoms with Crippen molar-refractivity contribution in [2.45, 2.75) is 43.3 Å². The Morgan fingerprint density at radius 3 is 3.00 bits per heavy atom. The second kappa shape index (κ2) is 6.28. The third kappa shape index (κ3) is 2.59. The Morgan fingerprint density at radius 1 is 1.33 bits per heavy atom. The van der Waals surface area contributed by atoms with E-state index in [0.717, 1.165) is 30.8 Å². The van der Waals surface area contributed by atoms with E-state index in [1.807, 2.05) is 12.1 Å². The minimum absolute atomic E-state index is 0.0439. The number of carbonyl (C=O) groups excluding carboxylic acids is 1. The predicted octanol–water partition coefficient (Wildman–Crippen LogP) is 4.93. The fourth-order valence-corrected chi connectivity index (χ4v) is 5.60. The first-order chi connectivity index (χ1) is 13.1. The maximum atomic E-state index is 12.4. The molecule has 3 aliphatic rings. The monoisotopic (exact) mass is 402 g/mol. The first kappa shape index (κ1) is 17.1. The second-order valence-electron chi connectivity index (χ2n) is 7.27. The topological polar surface area (TPSA) is 44.8 Å². The van der Waals surface area contributed by atoms with E-state index in [2.05, 4.69) is 12.1 Å². The molecular formula is C21H19ClO4S. The summed E-state index contributed by atoms with van der Waals surface area (Å²) in [5.74, 6) is 1.30. The van der Waals surface area contributed by atoms with Crippen molar-refractivity contribution < 1.29 is 19.0 Å². The lowest BCUT2D eigenvalue weighted by Crippen LogP contribution is -2.44. The van der Waals surface area contributed by atoms with Crippen molar-refractivity contribution in [2.24, 2.45) is 0 Å². The molecule has 1 unspecified atom stereocenters. The van der Waals surface area contributed by atoms with Gasteiger partial charge in [-0.25, -0.2) is 4.79 Å². The summed E-state index contributed by atoms with van der Waals surface area (Å²) in [5, 5.41) is 0. The molecule has 1 aromatic carbocycles. The van der Waals surface area contributed by atoms with Crippen LogP contribution >= 0.6 is 22.9 Å². The molecule has 3 atom stereocenters. The van der Waals surface area contributed by atoms with Crippen molar-refractivity contribution in [1.29, 1.82) is 0 Å². The molecule has 27 heavy (non-hydrogen) atoms. The summed E-state index contributed by atoms with van der Waals surface area (Å²) in [4.78, 5) is 12.9. The van der Waals surface area contributed by atoms with Crippen molar-refractivity contribution >= 4 is 28.9 Å². The van der Waals surface area contributed by atoms with Crippen LogP contribution in [-0.2, 0) is 16.6 Å². The van der Waals surface area contributed by atoms with Crippen LogP contribution < -0.4 is 9.47 Å². The summed E-state index contributed by atoms with van der Waals surface area (Å²) >= 11 is 7.16. The molecule has 6 heteroatoms. The van der Waals surface area contributed by atoms with Gasteiger partial charge in [-0.2, -0.15) is 0 Å². The molecule has 0 saturated carbocycles. The molecule has 140 valence electrons. The van der Waals surface area contributed by atoms with Gasteiger partial charge in [0.05, 0.1) is 16.9 Å². The zero-order valence-electron chi connectivity index (χ0n) is 14.9. The van der Waals surface area contributed by atoms with Crippen LogP contribution in [0, 0.1) is 0 Å². The van der Waals surface area contributed by atoms with E-state index >= 15 is 0 Å². The van der Waals surface area contributed by atoms with Crippen LogP contribution in [-0.4, -0.2) is 25.3 Å². The van der Waals surface area contributed by atoms with Crippen LogP contribution in [0.5, 0.6) is 11.5 Å². The number of rotatable bonds is 3. The molecule has 4 nitrogen and oxygen atoms in total. The van der Waals surface area contributed by atoms with Gasteiger partial charge in [0.25, 0.3) is 0 Å². The van der Waals surface area contributed by atoms with Crippen molar-refractivity contribution in [3.05, 3.63) is 56.8 Å². The first-order valence-corrected chi connectivity index (χ1v) is 10.3. The SMILES string of the molecule is COc1ccc2c3c1OC1C[C@@H](OC(=O)c4ccc(Cl)s4)C=C[C@@]31CCC2. The quantitative estimate of drug-likeness (QED) is 0.539. The van der Waals surface area contributed by atoms with Gasteiger partial charge < -0.3 is 14.2 Å². The zero-order valence-corrected chi connectivity index (χ0v) is 16.4. The zero-order chi connectivity index (χ0) is 18.6. The summed E-state index contributed by atoms with van der Waals surface area (Å²) < 4.78 is 18.2. The Morgan fingerprint density at radius 2 is 2.22 bits per heavy atom. The van der Waals surface area contributed by atoms with E-state index in [0.29, 0.717) is 15.6 Å². The summed E-state index contributed by atoms with van der Waals surface area (Å²) in [5.41, 5.74) is 2.48. The van der Waals surface area contributed by atoms with Crippen molar-refractivity contribution in [2.75, 3.05) is 7.11 Å². The molecule has 1 aromatic heterocycles. The van der Waals surface area contributed by atoms with Crippen LogP contribution in [0.4, 0.5) is 0 Å². The van der Waals surface area contributed by atoms with Crippen molar-refractivity contribution in [3.8, 4) is 11.5 Å². The Hall–Kier alpha value is -1.98. The molecule has 2 aromatic rings. The molecule has 5 rings (SSSR count). The molecule has 0 amide bonds. The number of benzene rings is 1. The number of thiophene rings is 1. The van der Waals surface area contributed by atoms with Gasteiger partial charge >= 0.3 is 5.97 Å². The van der Waals surface area contributed by atoms with Crippen LogP contribution in [0.15, 0.2) is 36.4 Å². The van der Waals surface area contributed by atoms with Crippen molar-refractivity contribution in [3.63, 3.8) is 0 Å². The minimum atomic E-state index is -0.338. The summed E-state index contributed by atoms with van der Waals surface area (Å²) in [6.07, 6.45) is 7.75. The van der Waals surface area contributed by atoms with Gasteiger partial charge in [0.2, 0.25) is 0 Å². The number of hydrogen-bond donors (Lipinski definition) is 0. The van der Waals surface area contributed by atoms with Gasteiger partial charge in [-0.3, -0.25) is 0 Å². The molecular weight excluding hydrogens is 384 g/mol. The molecule has 1 aliphatic heterocycles. The highest BCUT2D eigenvalue weighted by molar-refractivity contribution is 7.17. The summed E-state index contributed by atoms with van der Waals surface area (Å²) in [6.45, 7) is 0. The molecule has 1 spiro atoms. The number of aryl methyl sites for hydroxylation is 1. The van der Waals surface area contributed by atoms with E-state index < -0.39 is 0 Å². The maximum Gasteiger partial charge on any atom is 0.348 e. The fourth-order valence-electron chi connectivity index (χ4n) is 4.67. The first-order valence-electron chi connectivity index (χ1n) is 9.13. The van der Waals surface area contributed by atoms with E-state index in [1.165, 1.54) is 22.5 Å². The van der Waals surface area contributed by atoms with Crippen molar-refractivity contribution in [1.82, 2.24) is 0 Å². The average Bonchev–Trinajstić information content (AvgIpc) is 3.25. The predicted molar refractivity (Wildman–Crippen MR) is 104 cm³/mol. The summed E-state index contributed by atoms with van der Waals surface area (Å²) in [7, 11) is 1.67. The lowest BCUT2D eigenvalue weighted by atomic mass is 9.64. The molecule has 2 aliphatic carbocycles. The molecule has 0 fully saturated rings. The van der Waals surface area contributed by atoms with E-state index in [9.17, 15) is 4.79 Å². The number of methoxy groups -OCH3 is 1. The Balaban J connectivity index is 1.44. The normalized spacial score (nSPS) is 27.5. The van der Waals surface area contributed by atoms with Crippen LogP contribution in [0.1, 0.15) is 40.1 Å². The highest BCUT2D eigenvalue weighted by Crippen LogP contribution is 2.57. The third-order valence-corrected chi connectivity index (χ3v) is 7.06. The van der Waals surface area contributed by atoms with Crippen LogP contribution in [0.2, 0.25) is 4.34 Å². The third-order valence-electron chi connectivity index (χ3n) is 5.85. The lowest BCUT2D eigenvalue weighted by molar-refractivity contribution is 0.0222. The highest BCUT2D eigenvalue weighted by atomic mass is 35.5. The number of carbonyl (C=O) groups is 1. The smallest absolute Gasteiger partial charge is 0.348 e. The maximum absolute atomic E-state index is 12.4. The Bertz CT molecular complexity index is 950. The number of hydrogen-bond acceptors (Lipinski definition) is 5. The molecule has 0 N–H and O–H groups in total. The standard InChI is InChI=1S/C21H19ClO4S/c1-24-14-5-4-12-3-2-9-21-10-8-13(11-16(21)26-19(14)18(12)21)25-20(23)15-6-7-17(22)27-15/h4-8,10,13,16H,2-3,9,11H2,1H3/t13-,16?,21+/m0/s1. The van der Waals surface area contributed by atoms with Gasteiger partial charge in [0.15, 0.2) is 11.5 Å². The largest absolute Gasteiger partial charge is 0.493 e. The number of halogens is 1. The number of esters is 1. The average molecular weight is 403 g/mol. The second-order valence-corrected chi connectivity index (χ2v) is 8.99.